The van der Waals surface area contributed by atoms with Crippen LogP contribution in [0.3, 0.4) is 0 Å². The van der Waals surface area contributed by atoms with Crippen molar-refractivity contribution in [2.45, 2.75) is 24.9 Å². The molecule has 37 heavy (non-hydrogen) atoms. The van der Waals surface area contributed by atoms with Crippen LogP contribution in [0.15, 0.2) is 61.1 Å². The van der Waals surface area contributed by atoms with Crippen LogP contribution in [-0.4, -0.2) is 71.9 Å². The van der Waals surface area contributed by atoms with E-state index in [2.05, 4.69) is 25.9 Å². The number of hydrogen-bond donors (Lipinski definition) is 4. The summed E-state index contributed by atoms with van der Waals surface area (Å²) in [6.07, 6.45) is 4.34. The van der Waals surface area contributed by atoms with Gasteiger partial charge < -0.3 is 26.0 Å². The normalized spacial score (nSPS) is 17.4. The van der Waals surface area contributed by atoms with Crippen LogP contribution in [0.25, 0.3) is 0 Å². The van der Waals surface area contributed by atoms with E-state index in [9.17, 15) is 19.5 Å². The molecule has 1 saturated heterocycles. The van der Waals surface area contributed by atoms with Gasteiger partial charge in [0.05, 0.1) is 17.6 Å². The second-order valence-corrected chi connectivity index (χ2v) is 9.10. The molecule has 1 aromatic heterocycles. The molecule has 2 aromatic carbocycles. The van der Waals surface area contributed by atoms with E-state index in [0.717, 1.165) is 18.7 Å². The lowest BCUT2D eigenvalue weighted by Gasteiger charge is -2.27. The first-order chi connectivity index (χ1) is 17.8. The van der Waals surface area contributed by atoms with Gasteiger partial charge in [0, 0.05) is 43.7 Å². The first-order valence-corrected chi connectivity index (χ1v) is 12.1. The number of phenolic OH excluding ortho intramolecular Hbond substituents is 1. The van der Waals surface area contributed by atoms with Crippen LogP contribution in [0.1, 0.15) is 49.6 Å². The molecule has 0 unspecified atom stereocenters. The summed E-state index contributed by atoms with van der Waals surface area (Å²) in [6, 6.07) is 12.1. The quantitative estimate of drug-likeness (QED) is 0.359. The number of phenols is 1. The maximum Gasteiger partial charge on any atom is 0.270 e. The summed E-state index contributed by atoms with van der Waals surface area (Å²) in [4.78, 5) is 48.4. The summed E-state index contributed by atoms with van der Waals surface area (Å²) < 4.78 is 0. The maximum absolute atomic E-state index is 13.1. The Morgan fingerprint density at radius 2 is 1.70 bits per heavy atom. The number of aromatic nitrogens is 2. The van der Waals surface area contributed by atoms with Gasteiger partial charge in [-0.3, -0.25) is 14.4 Å². The summed E-state index contributed by atoms with van der Waals surface area (Å²) in [5, 5.41) is 19.5. The Morgan fingerprint density at radius 1 is 0.973 bits per heavy atom. The largest absolute Gasteiger partial charge is 0.507 e. The fourth-order valence-electron chi connectivity index (χ4n) is 4.20. The third-order valence-corrected chi connectivity index (χ3v) is 6.32. The van der Waals surface area contributed by atoms with Crippen molar-refractivity contribution in [3.8, 4) is 5.75 Å². The highest BCUT2D eigenvalue weighted by Gasteiger charge is 2.27. The maximum atomic E-state index is 13.1. The van der Waals surface area contributed by atoms with Gasteiger partial charge in [-0.25, -0.2) is 9.97 Å². The number of anilines is 1. The molecule has 192 valence electrons. The minimum atomic E-state index is -0.338. The number of amides is 2. The number of ketones is 1. The van der Waals surface area contributed by atoms with Crippen molar-refractivity contribution in [2.75, 3.05) is 32.1 Å². The van der Waals surface area contributed by atoms with Gasteiger partial charge in [0.15, 0.2) is 5.78 Å². The van der Waals surface area contributed by atoms with Gasteiger partial charge in [-0.05, 0) is 55.8 Å². The number of nitrogens with one attached hydrogen (secondary N) is 3. The van der Waals surface area contributed by atoms with Crippen molar-refractivity contribution >= 4 is 23.3 Å². The lowest BCUT2D eigenvalue weighted by Crippen LogP contribution is -2.54. The van der Waals surface area contributed by atoms with E-state index in [1.54, 1.807) is 36.4 Å². The lowest BCUT2D eigenvalue weighted by molar-refractivity contribution is 0.0880. The highest BCUT2D eigenvalue weighted by Crippen LogP contribution is 2.25. The van der Waals surface area contributed by atoms with Gasteiger partial charge in [-0.2, -0.15) is 0 Å². The van der Waals surface area contributed by atoms with E-state index in [1.165, 1.54) is 24.7 Å². The fraction of sp³-hybridized carbons (Fsp3) is 0.296. The number of nitrogens with zero attached hydrogens (tertiary/aromatic N) is 3. The molecular weight excluding hydrogens is 472 g/mol. The van der Waals surface area contributed by atoms with E-state index in [1.807, 2.05) is 19.0 Å². The molecule has 0 bridgehead atoms. The number of aromatic hydroxyl groups is 1. The van der Waals surface area contributed by atoms with E-state index in [-0.39, 0.29) is 46.7 Å². The summed E-state index contributed by atoms with van der Waals surface area (Å²) in [5.74, 6) is -1.07. The average Bonchev–Trinajstić information content (AvgIpc) is 3.13. The standard InChI is InChI=1S/C27H30N6O4/c1-33(2)19-9-10-24(34)20(14-19)25(35)17-5-7-18(8-6-17)26(36)31-21-4-3-12-28-15-23(21)32-27(37)22-11-13-29-16-30-22/h5-11,13-14,16,21,23,28,34H,3-4,12,15H2,1-2H3,(H,31,36)(H,32,37)/t21-,23-/m1/s1. The fourth-order valence-corrected chi connectivity index (χ4v) is 4.20. The van der Waals surface area contributed by atoms with E-state index in [4.69, 9.17) is 0 Å². The molecule has 0 saturated carbocycles. The van der Waals surface area contributed by atoms with Crippen LogP contribution in [0, 0.1) is 0 Å². The molecule has 10 nitrogen and oxygen atoms in total. The Hall–Kier alpha value is -4.31. The Balaban J connectivity index is 1.45. The number of benzene rings is 2. The van der Waals surface area contributed by atoms with Crippen molar-refractivity contribution in [1.82, 2.24) is 25.9 Å². The Labute approximate surface area is 215 Å². The second-order valence-electron chi connectivity index (χ2n) is 9.10. The molecule has 4 N–H and O–H groups in total. The first kappa shape index (κ1) is 25.8. The number of carbonyl (C=O) groups is 3. The summed E-state index contributed by atoms with van der Waals surface area (Å²) in [6.45, 7) is 1.29. The summed E-state index contributed by atoms with van der Waals surface area (Å²) >= 11 is 0. The topological polar surface area (TPSA) is 137 Å². The first-order valence-electron chi connectivity index (χ1n) is 12.1. The smallest absolute Gasteiger partial charge is 0.270 e. The van der Waals surface area contributed by atoms with Crippen molar-refractivity contribution in [1.29, 1.82) is 0 Å². The third-order valence-electron chi connectivity index (χ3n) is 6.32. The molecule has 2 atom stereocenters. The molecule has 0 aliphatic carbocycles. The molecule has 2 amide bonds. The van der Waals surface area contributed by atoms with Crippen molar-refractivity contribution in [3.63, 3.8) is 0 Å². The summed E-state index contributed by atoms with van der Waals surface area (Å²) in [5.41, 5.74) is 1.98. The highest BCUT2D eigenvalue weighted by molar-refractivity contribution is 6.11. The second kappa shape index (κ2) is 11.6. The zero-order valence-corrected chi connectivity index (χ0v) is 20.8. The predicted octanol–water partition coefficient (Wildman–Crippen LogP) is 1.76. The lowest BCUT2D eigenvalue weighted by atomic mass is 9.99. The van der Waals surface area contributed by atoms with Gasteiger partial charge in [0.1, 0.15) is 17.8 Å². The average molecular weight is 503 g/mol. The molecule has 4 rings (SSSR count). The molecule has 1 fully saturated rings. The highest BCUT2D eigenvalue weighted by atomic mass is 16.3. The van der Waals surface area contributed by atoms with Crippen LogP contribution < -0.4 is 20.9 Å². The van der Waals surface area contributed by atoms with Gasteiger partial charge in [-0.1, -0.05) is 12.1 Å². The van der Waals surface area contributed by atoms with Gasteiger partial charge >= 0.3 is 0 Å². The Morgan fingerprint density at radius 3 is 2.41 bits per heavy atom. The zero-order valence-electron chi connectivity index (χ0n) is 20.8. The van der Waals surface area contributed by atoms with Crippen LogP contribution >= 0.6 is 0 Å². The van der Waals surface area contributed by atoms with E-state index >= 15 is 0 Å². The Kier molecular flexibility index (Phi) is 8.09. The molecule has 2 heterocycles. The van der Waals surface area contributed by atoms with Gasteiger partial charge in [0.2, 0.25) is 0 Å². The summed E-state index contributed by atoms with van der Waals surface area (Å²) in [7, 11) is 3.70. The Bertz CT molecular complexity index is 1260. The van der Waals surface area contributed by atoms with Crippen LogP contribution in [-0.2, 0) is 0 Å². The van der Waals surface area contributed by atoms with Crippen LogP contribution in [0.4, 0.5) is 5.69 Å². The van der Waals surface area contributed by atoms with Crippen LogP contribution in [0.2, 0.25) is 0 Å². The molecule has 0 radical (unpaired) electrons. The monoisotopic (exact) mass is 502 g/mol. The zero-order chi connectivity index (χ0) is 26.4. The molecule has 3 aromatic rings. The minimum absolute atomic E-state index is 0.102. The molecule has 10 heteroatoms. The molecular formula is C27H30N6O4. The van der Waals surface area contributed by atoms with Gasteiger partial charge in [-0.15, -0.1) is 0 Å². The van der Waals surface area contributed by atoms with E-state index in [0.29, 0.717) is 24.1 Å². The number of hydrogen-bond acceptors (Lipinski definition) is 8. The minimum Gasteiger partial charge on any atom is -0.507 e. The van der Waals surface area contributed by atoms with Crippen molar-refractivity contribution < 1.29 is 19.5 Å². The third kappa shape index (κ3) is 6.28. The van der Waals surface area contributed by atoms with Crippen molar-refractivity contribution in [2.24, 2.45) is 0 Å². The molecule has 0 spiro atoms. The predicted molar refractivity (Wildman–Crippen MR) is 139 cm³/mol. The van der Waals surface area contributed by atoms with Crippen LogP contribution in [0.5, 0.6) is 5.75 Å². The van der Waals surface area contributed by atoms with Gasteiger partial charge in [0.25, 0.3) is 11.8 Å². The number of carbonyl (C=O) groups excluding carboxylic acids is 3. The molecule has 1 aliphatic heterocycles. The number of rotatable bonds is 7. The SMILES string of the molecule is CN(C)c1ccc(O)c(C(=O)c2ccc(C(=O)N[C@@H]3CCCNC[C@H]3NC(=O)c3ccncn3)cc2)c1. The van der Waals surface area contributed by atoms with Crippen molar-refractivity contribution in [3.05, 3.63) is 83.4 Å². The molecule has 1 aliphatic rings. The van der Waals surface area contributed by atoms with E-state index < -0.39 is 0 Å².